The van der Waals surface area contributed by atoms with Gasteiger partial charge in [0.05, 0.1) is 11.0 Å². The highest BCUT2D eigenvalue weighted by Gasteiger charge is 2.31. The van der Waals surface area contributed by atoms with Crippen LogP contribution in [0.15, 0.2) is 18.2 Å². The van der Waals surface area contributed by atoms with Gasteiger partial charge in [-0.15, -0.1) is 0 Å². The molecule has 1 aliphatic rings. The Morgan fingerprint density at radius 1 is 1.63 bits per heavy atom. The highest BCUT2D eigenvalue weighted by Crippen LogP contribution is 2.37. The first-order valence-corrected chi connectivity index (χ1v) is 6.21. The van der Waals surface area contributed by atoms with Gasteiger partial charge in [-0.25, -0.2) is 0 Å². The standard InChI is InChI=1S/C12H18N4O3/c1-8(17)9-5-6-15(7-9)11-4-2-3-10(14-13)12(11)16(18)19/h2-4,8-9,14,17H,5-7,13H2,1H3. The summed E-state index contributed by atoms with van der Waals surface area (Å²) in [5.41, 5.74) is 3.18. The number of hydrogen-bond acceptors (Lipinski definition) is 6. The number of hydrogen-bond donors (Lipinski definition) is 3. The minimum Gasteiger partial charge on any atom is -0.393 e. The number of rotatable bonds is 4. The molecule has 2 unspecified atom stereocenters. The molecule has 19 heavy (non-hydrogen) atoms. The van der Waals surface area contributed by atoms with E-state index in [1.54, 1.807) is 25.1 Å². The van der Waals surface area contributed by atoms with Crippen LogP contribution in [0.3, 0.4) is 0 Å². The predicted molar refractivity (Wildman–Crippen MR) is 72.9 cm³/mol. The van der Waals surface area contributed by atoms with Gasteiger partial charge in [-0.1, -0.05) is 6.07 Å². The summed E-state index contributed by atoms with van der Waals surface area (Å²) in [6.07, 6.45) is 0.426. The molecule has 0 radical (unpaired) electrons. The highest BCUT2D eigenvalue weighted by atomic mass is 16.6. The van der Waals surface area contributed by atoms with E-state index in [-0.39, 0.29) is 11.6 Å². The normalized spacial score (nSPS) is 20.4. The maximum Gasteiger partial charge on any atom is 0.316 e. The van der Waals surface area contributed by atoms with Gasteiger partial charge in [0.15, 0.2) is 0 Å². The van der Waals surface area contributed by atoms with Gasteiger partial charge >= 0.3 is 5.69 Å². The molecule has 1 saturated heterocycles. The molecule has 2 rings (SSSR count). The van der Waals surface area contributed by atoms with Crippen molar-refractivity contribution in [3.8, 4) is 0 Å². The van der Waals surface area contributed by atoms with Crippen LogP contribution in [-0.2, 0) is 0 Å². The molecule has 7 heteroatoms. The van der Waals surface area contributed by atoms with Gasteiger partial charge < -0.3 is 15.4 Å². The number of benzene rings is 1. The molecule has 1 aliphatic heterocycles. The Morgan fingerprint density at radius 3 is 2.89 bits per heavy atom. The zero-order valence-corrected chi connectivity index (χ0v) is 10.7. The Hall–Kier alpha value is -1.86. The van der Waals surface area contributed by atoms with E-state index in [9.17, 15) is 15.2 Å². The molecule has 0 bridgehead atoms. The number of nitrogens with two attached hydrogens (primary N) is 1. The molecule has 0 spiro atoms. The van der Waals surface area contributed by atoms with Crippen LogP contribution in [0.2, 0.25) is 0 Å². The molecular formula is C12H18N4O3. The van der Waals surface area contributed by atoms with E-state index < -0.39 is 11.0 Å². The van der Waals surface area contributed by atoms with E-state index >= 15 is 0 Å². The van der Waals surface area contributed by atoms with Crippen molar-refractivity contribution >= 4 is 17.1 Å². The molecule has 1 aromatic rings. The van der Waals surface area contributed by atoms with Gasteiger partial charge in [0.25, 0.3) is 0 Å². The van der Waals surface area contributed by atoms with Gasteiger partial charge in [0, 0.05) is 19.0 Å². The van der Waals surface area contributed by atoms with E-state index in [0.717, 1.165) is 6.42 Å². The molecule has 0 saturated carbocycles. The summed E-state index contributed by atoms with van der Waals surface area (Å²) in [6, 6.07) is 5.01. The van der Waals surface area contributed by atoms with Gasteiger partial charge in [-0.3, -0.25) is 16.0 Å². The average molecular weight is 266 g/mol. The van der Waals surface area contributed by atoms with Crippen LogP contribution < -0.4 is 16.2 Å². The monoisotopic (exact) mass is 266 g/mol. The summed E-state index contributed by atoms with van der Waals surface area (Å²) in [5.74, 6) is 5.47. The number of nitro groups is 1. The number of aliphatic hydroxyl groups excluding tert-OH is 1. The van der Waals surface area contributed by atoms with E-state index in [0.29, 0.717) is 24.5 Å². The van der Waals surface area contributed by atoms with Gasteiger partial charge in [-0.2, -0.15) is 0 Å². The summed E-state index contributed by atoms with van der Waals surface area (Å²) in [5, 5.41) is 20.8. The lowest BCUT2D eigenvalue weighted by Crippen LogP contribution is -2.25. The highest BCUT2D eigenvalue weighted by molar-refractivity contribution is 5.77. The van der Waals surface area contributed by atoms with Crippen molar-refractivity contribution in [2.24, 2.45) is 11.8 Å². The van der Waals surface area contributed by atoms with Gasteiger partial charge in [0.1, 0.15) is 11.4 Å². The Labute approximate surface area is 111 Å². The number of hydrazine groups is 1. The quantitative estimate of drug-likeness (QED) is 0.428. The van der Waals surface area contributed by atoms with Crippen LogP contribution in [0.1, 0.15) is 13.3 Å². The fourth-order valence-corrected chi connectivity index (χ4v) is 2.49. The minimum atomic E-state index is -0.430. The van der Waals surface area contributed by atoms with Gasteiger partial charge in [-0.05, 0) is 25.5 Å². The predicted octanol–water partition coefficient (Wildman–Crippen LogP) is 1.09. The largest absolute Gasteiger partial charge is 0.393 e. The summed E-state index contributed by atoms with van der Waals surface area (Å²) < 4.78 is 0. The number of nitro benzene ring substituents is 1. The summed E-state index contributed by atoms with van der Waals surface area (Å²) in [6.45, 7) is 3.07. The first-order valence-electron chi connectivity index (χ1n) is 6.21. The number of aliphatic hydroxyl groups is 1. The number of anilines is 2. The molecule has 0 aromatic heterocycles. The zero-order valence-electron chi connectivity index (χ0n) is 10.7. The van der Waals surface area contributed by atoms with Crippen LogP contribution in [-0.4, -0.2) is 29.2 Å². The molecule has 1 aromatic carbocycles. The van der Waals surface area contributed by atoms with Crippen LogP contribution in [0, 0.1) is 16.0 Å². The van der Waals surface area contributed by atoms with Crippen molar-refractivity contribution in [1.29, 1.82) is 0 Å². The second-order valence-electron chi connectivity index (χ2n) is 4.81. The smallest absolute Gasteiger partial charge is 0.316 e. The lowest BCUT2D eigenvalue weighted by atomic mass is 10.0. The van der Waals surface area contributed by atoms with Crippen LogP contribution in [0.5, 0.6) is 0 Å². The third-order valence-electron chi connectivity index (χ3n) is 3.60. The Kier molecular flexibility index (Phi) is 3.87. The molecule has 1 heterocycles. The lowest BCUT2D eigenvalue weighted by molar-refractivity contribution is -0.383. The summed E-state index contributed by atoms with van der Waals surface area (Å²) in [7, 11) is 0. The fourth-order valence-electron chi connectivity index (χ4n) is 2.49. The van der Waals surface area contributed by atoms with Crippen molar-refractivity contribution in [2.45, 2.75) is 19.4 Å². The third kappa shape index (κ3) is 2.61. The van der Waals surface area contributed by atoms with E-state index in [4.69, 9.17) is 5.84 Å². The summed E-state index contributed by atoms with van der Waals surface area (Å²) in [4.78, 5) is 12.7. The van der Waals surface area contributed by atoms with Crippen molar-refractivity contribution in [3.05, 3.63) is 28.3 Å². The second-order valence-corrected chi connectivity index (χ2v) is 4.81. The maximum atomic E-state index is 11.2. The molecule has 104 valence electrons. The first kappa shape index (κ1) is 13.6. The zero-order chi connectivity index (χ0) is 14.0. The Balaban J connectivity index is 2.33. The topological polar surface area (TPSA) is 105 Å². The molecular weight excluding hydrogens is 248 g/mol. The Bertz CT molecular complexity index is 478. The minimum absolute atomic E-state index is 0.0174. The number of para-hydroxylation sites is 1. The van der Waals surface area contributed by atoms with Crippen LogP contribution in [0.4, 0.5) is 17.1 Å². The van der Waals surface area contributed by atoms with E-state index in [1.807, 2.05) is 4.90 Å². The second kappa shape index (κ2) is 5.41. The Morgan fingerprint density at radius 2 is 2.37 bits per heavy atom. The average Bonchev–Trinajstić information content (AvgIpc) is 2.87. The van der Waals surface area contributed by atoms with Crippen molar-refractivity contribution in [1.82, 2.24) is 0 Å². The van der Waals surface area contributed by atoms with E-state index in [2.05, 4.69) is 5.43 Å². The fraction of sp³-hybridized carbons (Fsp3) is 0.500. The van der Waals surface area contributed by atoms with Crippen LogP contribution in [0.25, 0.3) is 0 Å². The van der Waals surface area contributed by atoms with Crippen molar-refractivity contribution in [2.75, 3.05) is 23.4 Å². The van der Waals surface area contributed by atoms with Crippen LogP contribution >= 0.6 is 0 Å². The molecule has 0 aliphatic carbocycles. The van der Waals surface area contributed by atoms with Crippen molar-refractivity contribution < 1.29 is 10.0 Å². The first-order chi connectivity index (χ1) is 9.04. The molecule has 4 N–H and O–H groups in total. The molecule has 1 fully saturated rings. The SMILES string of the molecule is CC(O)C1CCN(c2cccc(NN)c2[N+](=O)[O-])C1. The number of nitrogen functional groups attached to an aromatic ring is 1. The molecule has 2 atom stereocenters. The van der Waals surface area contributed by atoms with Crippen molar-refractivity contribution in [3.63, 3.8) is 0 Å². The molecule has 0 amide bonds. The lowest BCUT2D eigenvalue weighted by Gasteiger charge is -2.20. The summed E-state index contributed by atoms with van der Waals surface area (Å²) >= 11 is 0. The number of nitrogens with one attached hydrogen (secondary N) is 1. The maximum absolute atomic E-state index is 11.2. The number of nitrogens with zero attached hydrogens (tertiary/aromatic N) is 2. The third-order valence-corrected chi connectivity index (χ3v) is 3.60. The van der Waals surface area contributed by atoms with E-state index in [1.165, 1.54) is 0 Å². The molecule has 7 nitrogen and oxygen atoms in total. The van der Waals surface area contributed by atoms with Gasteiger partial charge in [0.2, 0.25) is 0 Å².